The van der Waals surface area contributed by atoms with E-state index in [2.05, 4.69) is 5.48 Å². The van der Waals surface area contributed by atoms with Crippen LogP contribution in [-0.4, -0.2) is 17.6 Å². The summed E-state index contributed by atoms with van der Waals surface area (Å²) in [7, 11) is 0. The van der Waals surface area contributed by atoms with Gasteiger partial charge in [0, 0.05) is 0 Å². The van der Waals surface area contributed by atoms with Gasteiger partial charge in [0.25, 0.3) is 5.91 Å². The van der Waals surface area contributed by atoms with E-state index < -0.39 is 6.04 Å². The quantitative estimate of drug-likeness (QED) is 0.673. The van der Waals surface area contributed by atoms with Gasteiger partial charge in [-0.25, -0.2) is 5.48 Å². The molecule has 0 aromatic carbocycles. The van der Waals surface area contributed by atoms with Crippen LogP contribution >= 0.6 is 0 Å². The molecule has 1 unspecified atom stereocenters. The molecule has 0 saturated heterocycles. The third kappa shape index (κ3) is 6.86. The van der Waals surface area contributed by atoms with Gasteiger partial charge in [-0.15, -0.1) is 0 Å². The average Bonchev–Trinajstić information content (AvgIpc) is 1.97. The molecule has 0 bridgehead atoms. The highest BCUT2D eigenvalue weighted by molar-refractivity contribution is 5.80. The van der Waals surface area contributed by atoms with Crippen LogP contribution in [0.3, 0.4) is 0 Å². The summed E-state index contributed by atoms with van der Waals surface area (Å²) in [5.41, 5.74) is 7.64. The third-order valence-electron chi connectivity index (χ3n) is 1.52. The molecular weight excluding hydrogens is 180 g/mol. The maximum atomic E-state index is 11.4. The molecule has 4 heteroatoms. The van der Waals surface area contributed by atoms with Gasteiger partial charge in [-0.2, -0.15) is 0 Å². The van der Waals surface area contributed by atoms with E-state index in [4.69, 9.17) is 10.6 Å². The first-order valence-electron chi connectivity index (χ1n) is 4.96. The van der Waals surface area contributed by atoms with E-state index in [-0.39, 0.29) is 11.5 Å². The lowest BCUT2D eigenvalue weighted by Crippen LogP contribution is -2.44. The van der Waals surface area contributed by atoms with Gasteiger partial charge in [0.2, 0.25) is 0 Å². The van der Waals surface area contributed by atoms with Crippen molar-refractivity contribution in [2.75, 3.05) is 0 Å². The maximum absolute atomic E-state index is 11.4. The van der Waals surface area contributed by atoms with Gasteiger partial charge in [0.15, 0.2) is 0 Å². The van der Waals surface area contributed by atoms with Crippen LogP contribution in [0.4, 0.5) is 0 Å². The summed E-state index contributed by atoms with van der Waals surface area (Å²) in [6.45, 7) is 9.64. The Morgan fingerprint density at radius 1 is 1.43 bits per heavy atom. The van der Waals surface area contributed by atoms with Gasteiger partial charge >= 0.3 is 0 Å². The first-order valence-corrected chi connectivity index (χ1v) is 4.96. The molecule has 0 aliphatic rings. The molecule has 0 aliphatic heterocycles. The molecule has 0 heterocycles. The Labute approximate surface area is 86.1 Å². The van der Waals surface area contributed by atoms with Gasteiger partial charge in [-0.05, 0) is 33.1 Å². The largest absolute Gasteiger partial charge is 0.320 e. The molecule has 0 aliphatic carbocycles. The fourth-order valence-electron chi connectivity index (χ4n) is 0.894. The van der Waals surface area contributed by atoms with Gasteiger partial charge in [-0.1, -0.05) is 13.8 Å². The Bertz CT molecular complexity index is 185. The Morgan fingerprint density at radius 3 is 2.29 bits per heavy atom. The van der Waals surface area contributed by atoms with Gasteiger partial charge in [0.1, 0.15) is 0 Å². The number of amides is 1. The summed E-state index contributed by atoms with van der Waals surface area (Å²) in [5.74, 6) is 0.152. The third-order valence-corrected chi connectivity index (χ3v) is 1.52. The van der Waals surface area contributed by atoms with Crippen molar-refractivity contribution in [3.8, 4) is 0 Å². The van der Waals surface area contributed by atoms with Crippen LogP contribution in [-0.2, 0) is 9.63 Å². The van der Waals surface area contributed by atoms with Crippen molar-refractivity contribution >= 4 is 5.91 Å². The molecule has 1 amide bonds. The summed E-state index contributed by atoms with van der Waals surface area (Å²) < 4.78 is 0. The predicted octanol–water partition coefficient (Wildman–Crippen LogP) is 1.21. The SMILES string of the molecule is CC(C)CC(N)C(=O)NOC(C)(C)C. The fourth-order valence-corrected chi connectivity index (χ4v) is 0.894. The summed E-state index contributed by atoms with van der Waals surface area (Å²) in [5, 5.41) is 0. The minimum absolute atomic E-state index is 0.256. The Kier molecular flexibility index (Phi) is 5.08. The normalized spacial score (nSPS) is 14.2. The lowest BCUT2D eigenvalue weighted by atomic mass is 10.0. The van der Waals surface area contributed by atoms with Gasteiger partial charge in [-0.3, -0.25) is 9.63 Å². The number of carbonyl (C=O) groups is 1. The molecule has 0 saturated carbocycles. The van der Waals surface area contributed by atoms with E-state index in [9.17, 15) is 4.79 Å². The molecule has 0 radical (unpaired) electrons. The van der Waals surface area contributed by atoms with Crippen molar-refractivity contribution in [2.24, 2.45) is 11.7 Å². The standard InChI is InChI=1S/C10H22N2O2/c1-7(2)6-8(11)9(13)12-14-10(3,4)5/h7-8H,6,11H2,1-5H3,(H,12,13). The number of hydrogen-bond acceptors (Lipinski definition) is 3. The van der Waals surface area contributed by atoms with E-state index >= 15 is 0 Å². The second kappa shape index (κ2) is 5.32. The molecule has 0 aromatic heterocycles. The Balaban J connectivity index is 3.85. The van der Waals surface area contributed by atoms with Crippen molar-refractivity contribution in [1.82, 2.24) is 5.48 Å². The van der Waals surface area contributed by atoms with Crippen LogP contribution < -0.4 is 11.2 Å². The Morgan fingerprint density at radius 2 is 1.93 bits per heavy atom. The van der Waals surface area contributed by atoms with Crippen LogP contribution in [0.2, 0.25) is 0 Å². The van der Waals surface area contributed by atoms with Crippen molar-refractivity contribution in [3.63, 3.8) is 0 Å². The highest BCUT2D eigenvalue weighted by Crippen LogP contribution is 2.05. The second-order valence-electron chi connectivity index (χ2n) is 4.92. The maximum Gasteiger partial charge on any atom is 0.260 e. The van der Waals surface area contributed by atoms with Crippen molar-refractivity contribution in [1.29, 1.82) is 0 Å². The summed E-state index contributed by atoms with van der Waals surface area (Å²) in [6.07, 6.45) is 0.666. The number of nitrogens with one attached hydrogen (secondary N) is 1. The lowest BCUT2D eigenvalue weighted by Gasteiger charge is -2.21. The summed E-state index contributed by atoms with van der Waals surface area (Å²) in [4.78, 5) is 16.5. The number of hydrogen-bond donors (Lipinski definition) is 2. The highest BCUT2D eigenvalue weighted by Gasteiger charge is 2.18. The number of nitrogens with two attached hydrogens (primary N) is 1. The highest BCUT2D eigenvalue weighted by atomic mass is 16.7. The van der Waals surface area contributed by atoms with Crippen molar-refractivity contribution in [3.05, 3.63) is 0 Å². The van der Waals surface area contributed by atoms with E-state index in [1.807, 2.05) is 34.6 Å². The van der Waals surface area contributed by atoms with Gasteiger partial charge < -0.3 is 5.73 Å². The smallest absolute Gasteiger partial charge is 0.260 e. The molecule has 0 fully saturated rings. The van der Waals surface area contributed by atoms with Crippen molar-refractivity contribution < 1.29 is 9.63 Å². The number of hydroxylamine groups is 1. The molecule has 14 heavy (non-hydrogen) atoms. The molecule has 84 valence electrons. The molecule has 0 aromatic rings. The average molecular weight is 202 g/mol. The minimum Gasteiger partial charge on any atom is -0.320 e. The first-order chi connectivity index (χ1) is 6.22. The molecule has 0 rings (SSSR count). The molecule has 1 atom stereocenters. The van der Waals surface area contributed by atoms with Crippen LogP contribution in [0.25, 0.3) is 0 Å². The lowest BCUT2D eigenvalue weighted by molar-refractivity contribution is -0.147. The van der Waals surface area contributed by atoms with E-state index in [1.54, 1.807) is 0 Å². The molecule has 0 spiro atoms. The monoisotopic (exact) mass is 202 g/mol. The van der Waals surface area contributed by atoms with Crippen LogP contribution in [0.1, 0.15) is 41.0 Å². The van der Waals surface area contributed by atoms with E-state index in [1.165, 1.54) is 0 Å². The fraction of sp³-hybridized carbons (Fsp3) is 0.900. The molecule has 3 N–H and O–H groups in total. The zero-order valence-electron chi connectivity index (χ0n) is 9.76. The van der Waals surface area contributed by atoms with Gasteiger partial charge in [0.05, 0.1) is 11.6 Å². The minimum atomic E-state index is -0.489. The zero-order chi connectivity index (χ0) is 11.4. The Hall–Kier alpha value is -0.610. The second-order valence-corrected chi connectivity index (χ2v) is 4.92. The zero-order valence-corrected chi connectivity index (χ0v) is 9.76. The molecular formula is C10H22N2O2. The summed E-state index contributed by atoms with van der Waals surface area (Å²) in [6, 6.07) is -0.489. The molecule has 4 nitrogen and oxygen atoms in total. The summed E-state index contributed by atoms with van der Waals surface area (Å²) >= 11 is 0. The number of rotatable bonds is 4. The number of carbonyl (C=O) groups excluding carboxylic acids is 1. The first kappa shape index (κ1) is 13.4. The predicted molar refractivity (Wildman–Crippen MR) is 56.4 cm³/mol. The van der Waals surface area contributed by atoms with E-state index in [0.29, 0.717) is 12.3 Å². The van der Waals surface area contributed by atoms with E-state index in [0.717, 1.165) is 0 Å². The van der Waals surface area contributed by atoms with Crippen molar-refractivity contribution in [2.45, 2.75) is 52.7 Å². The van der Waals surface area contributed by atoms with Crippen LogP contribution in [0, 0.1) is 5.92 Å². The van der Waals surface area contributed by atoms with Crippen LogP contribution in [0.5, 0.6) is 0 Å². The van der Waals surface area contributed by atoms with Crippen LogP contribution in [0.15, 0.2) is 0 Å². The topological polar surface area (TPSA) is 64.4 Å².